The highest BCUT2D eigenvalue weighted by Crippen LogP contribution is 2.32. The SMILES string of the molecule is CNc1ccn(-c2ccnc3c2cc(CN2CC[C@@H](c4ccc(C(=O)N(C)C)cc4)[C@@H](F)C2)n3C)c(=O)c1. The summed E-state index contributed by atoms with van der Waals surface area (Å²) in [5.74, 6) is -0.251. The van der Waals surface area contributed by atoms with Gasteiger partial charge in [0, 0.05) is 88.0 Å². The van der Waals surface area contributed by atoms with Crippen LogP contribution >= 0.6 is 0 Å². The number of hydrogen-bond acceptors (Lipinski definition) is 5. The number of nitrogens with zero attached hydrogens (tertiary/aromatic N) is 5. The highest BCUT2D eigenvalue weighted by atomic mass is 19.1. The third kappa shape index (κ3) is 4.81. The van der Waals surface area contributed by atoms with E-state index in [0.29, 0.717) is 25.1 Å². The zero-order valence-corrected chi connectivity index (χ0v) is 22.2. The molecule has 1 N–H and O–H groups in total. The summed E-state index contributed by atoms with van der Waals surface area (Å²) in [6.07, 6.45) is 3.16. The van der Waals surface area contributed by atoms with Crippen LogP contribution in [0.2, 0.25) is 0 Å². The number of hydrogen-bond donors (Lipinski definition) is 1. The van der Waals surface area contributed by atoms with E-state index in [4.69, 9.17) is 0 Å². The maximum atomic E-state index is 15.4. The number of aryl methyl sites for hydroxylation is 1. The summed E-state index contributed by atoms with van der Waals surface area (Å²) in [4.78, 5) is 33.1. The van der Waals surface area contributed by atoms with E-state index in [1.54, 1.807) is 56.3 Å². The molecule has 1 aliphatic rings. The van der Waals surface area contributed by atoms with Crippen molar-refractivity contribution in [1.29, 1.82) is 0 Å². The minimum Gasteiger partial charge on any atom is -0.388 e. The molecule has 0 unspecified atom stereocenters. The lowest BCUT2D eigenvalue weighted by atomic mass is 9.87. The van der Waals surface area contributed by atoms with Gasteiger partial charge >= 0.3 is 0 Å². The van der Waals surface area contributed by atoms with Gasteiger partial charge in [-0.2, -0.15) is 0 Å². The number of amides is 1. The fourth-order valence-electron chi connectivity index (χ4n) is 5.30. The van der Waals surface area contributed by atoms with Crippen molar-refractivity contribution in [3.63, 3.8) is 0 Å². The first-order valence-corrected chi connectivity index (χ1v) is 12.8. The first-order chi connectivity index (χ1) is 18.3. The number of nitrogens with one attached hydrogen (secondary N) is 1. The van der Waals surface area contributed by atoms with Gasteiger partial charge < -0.3 is 14.8 Å². The van der Waals surface area contributed by atoms with Gasteiger partial charge in [-0.3, -0.25) is 19.1 Å². The van der Waals surface area contributed by atoms with Crippen LogP contribution in [0.4, 0.5) is 10.1 Å². The van der Waals surface area contributed by atoms with Gasteiger partial charge in [-0.05, 0) is 48.9 Å². The van der Waals surface area contributed by atoms with Crippen molar-refractivity contribution in [2.75, 3.05) is 39.5 Å². The van der Waals surface area contributed by atoms with E-state index in [-0.39, 0.29) is 17.4 Å². The Kier molecular flexibility index (Phi) is 7.03. The molecule has 3 aromatic heterocycles. The molecule has 0 aliphatic carbocycles. The zero-order valence-electron chi connectivity index (χ0n) is 22.2. The normalized spacial score (nSPS) is 18.0. The summed E-state index contributed by atoms with van der Waals surface area (Å²) in [7, 11) is 7.18. The van der Waals surface area contributed by atoms with Crippen LogP contribution in [0.5, 0.6) is 0 Å². The predicted molar refractivity (Wildman–Crippen MR) is 148 cm³/mol. The smallest absolute Gasteiger partial charge is 0.257 e. The van der Waals surface area contributed by atoms with Crippen LogP contribution in [-0.2, 0) is 13.6 Å². The molecule has 1 aromatic carbocycles. The average molecular weight is 517 g/mol. The Labute approximate surface area is 221 Å². The van der Waals surface area contributed by atoms with Crippen molar-refractivity contribution < 1.29 is 9.18 Å². The fraction of sp³-hybridized carbons (Fsp3) is 0.345. The first kappa shape index (κ1) is 25.7. The minimum atomic E-state index is -1.01. The lowest BCUT2D eigenvalue weighted by molar-refractivity contribution is 0.0827. The molecule has 5 rings (SSSR count). The number of rotatable bonds is 6. The molecule has 1 aliphatic heterocycles. The molecule has 9 heteroatoms. The molecule has 1 saturated heterocycles. The number of piperidine rings is 1. The summed E-state index contributed by atoms with van der Waals surface area (Å²) < 4.78 is 19.0. The van der Waals surface area contributed by atoms with E-state index in [2.05, 4.69) is 21.3 Å². The maximum absolute atomic E-state index is 15.4. The molecular weight excluding hydrogens is 483 g/mol. The highest BCUT2D eigenvalue weighted by molar-refractivity contribution is 5.93. The Hall–Kier alpha value is -3.98. The second-order valence-electron chi connectivity index (χ2n) is 10.1. The maximum Gasteiger partial charge on any atom is 0.257 e. The molecule has 1 fully saturated rings. The number of likely N-dealkylation sites (tertiary alicyclic amines) is 1. The van der Waals surface area contributed by atoms with Crippen molar-refractivity contribution >= 4 is 22.6 Å². The summed E-state index contributed by atoms with van der Waals surface area (Å²) in [5.41, 5.74) is 4.72. The standard InChI is InChI=1S/C29H33FN6O2/c1-31-21-10-14-36(27(37)15-21)26-9-12-32-28-24(26)16-22(34(28)4)17-35-13-11-23(25(30)18-35)19-5-7-20(8-6-19)29(38)33(2)3/h5-10,12,14-16,23,25,31H,11,13,17-18H2,1-4H3/t23-,25-/m0/s1. The number of carbonyl (C=O) groups is 1. The minimum absolute atomic E-state index is 0.0596. The monoisotopic (exact) mass is 516 g/mol. The molecule has 0 saturated carbocycles. The molecule has 2 atom stereocenters. The zero-order chi connectivity index (χ0) is 27.0. The van der Waals surface area contributed by atoms with Gasteiger partial charge in [-0.1, -0.05) is 12.1 Å². The second kappa shape index (κ2) is 10.4. The number of anilines is 1. The molecule has 4 heterocycles. The van der Waals surface area contributed by atoms with E-state index < -0.39 is 6.17 Å². The average Bonchev–Trinajstić information content (AvgIpc) is 3.23. The number of carbonyl (C=O) groups excluding carboxylic acids is 1. The van der Waals surface area contributed by atoms with Crippen molar-refractivity contribution in [2.24, 2.45) is 7.05 Å². The van der Waals surface area contributed by atoms with Crippen molar-refractivity contribution in [2.45, 2.75) is 25.1 Å². The van der Waals surface area contributed by atoms with Gasteiger partial charge in [0.15, 0.2) is 0 Å². The third-order valence-electron chi connectivity index (χ3n) is 7.48. The Bertz CT molecular complexity index is 1520. The predicted octanol–water partition coefficient (Wildman–Crippen LogP) is 3.80. The fourth-order valence-corrected chi connectivity index (χ4v) is 5.30. The van der Waals surface area contributed by atoms with Gasteiger partial charge in [0.2, 0.25) is 0 Å². The van der Waals surface area contributed by atoms with Crippen LogP contribution < -0.4 is 10.9 Å². The van der Waals surface area contributed by atoms with Gasteiger partial charge in [0.25, 0.3) is 11.5 Å². The van der Waals surface area contributed by atoms with Crippen molar-refractivity contribution in [3.05, 3.63) is 88.1 Å². The summed E-state index contributed by atoms with van der Waals surface area (Å²) in [5, 5.41) is 3.87. The molecule has 4 aromatic rings. The number of fused-ring (bicyclic) bond motifs is 1. The highest BCUT2D eigenvalue weighted by Gasteiger charge is 2.31. The molecule has 0 radical (unpaired) electrons. The molecular formula is C29H33FN6O2. The summed E-state index contributed by atoms with van der Waals surface area (Å²) >= 11 is 0. The van der Waals surface area contributed by atoms with Crippen molar-refractivity contribution in [1.82, 2.24) is 23.9 Å². The first-order valence-electron chi connectivity index (χ1n) is 12.8. The number of benzene rings is 1. The van der Waals surface area contributed by atoms with Crippen molar-refractivity contribution in [3.8, 4) is 5.69 Å². The van der Waals surface area contributed by atoms with E-state index in [0.717, 1.165) is 40.2 Å². The quantitative estimate of drug-likeness (QED) is 0.422. The van der Waals surface area contributed by atoms with Gasteiger partial charge in [-0.25, -0.2) is 9.37 Å². The molecule has 0 bridgehead atoms. The molecule has 38 heavy (non-hydrogen) atoms. The number of aromatic nitrogens is 3. The van der Waals surface area contributed by atoms with Gasteiger partial charge in [0.1, 0.15) is 11.8 Å². The van der Waals surface area contributed by atoms with Crippen LogP contribution in [0, 0.1) is 0 Å². The lowest BCUT2D eigenvalue weighted by Gasteiger charge is -2.35. The third-order valence-corrected chi connectivity index (χ3v) is 7.48. The number of alkyl halides is 1. The lowest BCUT2D eigenvalue weighted by Crippen LogP contribution is -2.40. The number of pyridine rings is 2. The topological polar surface area (TPSA) is 75.4 Å². The molecule has 0 spiro atoms. The number of halogens is 1. The molecule has 8 nitrogen and oxygen atoms in total. The van der Waals surface area contributed by atoms with Gasteiger partial charge in [0.05, 0.1) is 5.69 Å². The van der Waals surface area contributed by atoms with Gasteiger partial charge in [-0.15, -0.1) is 0 Å². The summed E-state index contributed by atoms with van der Waals surface area (Å²) in [6, 6.07) is 14.6. The largest absolute Gasteiger partial charge is 0.388 e. The van der Waals surface area contributed by atoms with Crippen LogP contribution in [-0.4, -0.2) is 70.2 Å². The Balaban J connectivity index is 1.33. The van der Waals surface area contributed by atoms with Crippen LogP contribution in [0.3, 0.4) is 0 Å². The van der Waals surface area contributed by atoms with E-state index in [1.165, 1.54) is 4.90 Å². The second-order valence-corrected chi connectivity index (χ2v) is 10.1. The van der Waals surface area contributed by atoms with Crippen LogP contribution in [0.15, 0.2) is 65.7 Å². The van der Waals surface area contributed by atoms with E-state index >= 15 is 4.39 Å². The Morgan fingerprint density at radius 2 is 1.92 bits per heavy atom. The summed E-state index contributed by atoms with van der Waals surface area (Å²) in [6.45, 7) is 1.68. The molecule has 198 valence electrons. The van der Waals surface area contributed by atoms with E-state index in [9.17, 15) is 9.59 Å². The van der Waals surface area contributed by atoms with Crippen LogP contribution in [0.1, 0.15) is 34.0 Å². The Morgan fingerprint density at radius 1 is 1.16 bits per heavy atom. The van der Waals surface area contributed by atoms with E-state index in [1.807, 2.05) is 35.9 Å². The molecule has 1 amide bonds. The van der Waals surface area contributed by atoms with Crippen LogP contribution in [0.25, 0.3) is 16.7 Å². The Morgan fingerprint density at radius 3 is 2.58 bits per heavy atom.